The Morgan fingerprint density at radius 3 is 2.69 bits per heavy atom. The molecule has 2 N–H and O–H groups in total. The Bertz CT molecular complexity index is 864. The third kappa shape index (κ3) is 4.86. The van der Waals surface area contributed by atoms with Crippen molar-refractivity contribution in [2.45, 2.75) is 6.10 Å². The highest BCUT2D eigenvalue weighted by Crippen LogP contribution is 2.16. The van der Waals surface area contributed by atoms with Gasteiger partial charge in [0.2, 0.25) is 0 Å². The number of aliphatic hydroxyl groups is 1. The minimum absolute atomic E-state index is 0.113. The number of rotatable bonds is 7. The Labute approximate surface area is 165 Å². The SMILES string of the molecule is O=C(NCC(O)COc1ccccc1)c1cccn1-c1cccc(I)c1. The van der Waals surface area contributed by atoms with Crippen molar-refractivity contribution in [3.05, 3.63) is 82.2 Å². The Kier molecular flexibility index (Phi) is 6.30. The van der Waals surface area contributed by atoms with Crippen molar-refractivity contribution in [3.63, 3.8) is 0 Å². The molecule has 1 aromatic heterocycles. The quantitative estimate of drug-likeness (QED) is 0.530. The van der Waals surface area contributed by atoms with Crippen LogP contribution in [0.5, 0.6) is 5.75 Å². The Balaban J connectivity index is 1.56. The average Bonchev–Trinajstić information content (AvgIpc) is 3.15. The van der Waals surface area contributed by atoms with Gasteiger partial charge in [-0.1, -0.05) is 24.3 Å². The summed E-state index contributed by atoms with van der Waals surface area (Å²) in [5, 5.41) is 12.8. The number of halogens is 1. The molecule has 0 bridgehead atoms. The summed E-state index contributed by atoms with van der Waals surface area (Å²) >= 11 is 2.24. The van der Waals surface area contributed by atoms with Crippen LogP contribution in [0.15, 0.2) is 72.9 Å². The molecule has 1 amide bonds. The molecule has 5 nitrogen and oxygen atoms in total. The number of carbonyl (C=O) groups is 1. The predicted molar refractivity (Wildman–Crippen MR) is 109 cm³/mol. The van der Waals surface area contributed by atoms with E-state index in [9.17, 15) is 9.90 Å². The van der Waals surface area contributed by atoms with Gasteiger partial charge in [0.15, 0.2) is 0 Å². The van der Waals surface area contributed by atoms with Crippen molar-refractivity contribution in [2.24, 2.45) is 0 Å². The molecule has 0 saturated heterocycles. The minimum atomic E-state index is -0.791. The van der Waals surface area contributed by atoms with Gasteiger partial charge in [0, 0.05) is 22.0 Å². The van der Waals surface area contributed by atoms with E-state index in [0.29, 0.717) is 11.4 Å². The summed E-state index contributed by atoms with van der Waals surface area (Å²) in [5.41, 5.74) is 1.43. The number of ether oxygens (including phenoxy) is 1. The van der Waals surface area contributed by atoms with Gasteiger partial charge in [-0.15, -0.1) is 0 Å². The highest BCUT2D eigenvalue weighted by Gasteiger charge is 2.14. The third-order valence-electron chi connectivity index (χ3n) is 3.75. The van der Waals surface area contributed by atoms with E-state index in [1.807, 2.05) is 71.4 Å². The first kappa shape index (κ1) is 18.5. The van der Waals surface area contributed by atoms with Crippen LogP contribution in [0.1, 0.15) is 10.5 Å². The van der Waals surface area contributed by atoms with Crippen molar-refractivity contribution in [2.75, 3.05) is 13.2 Å². The molecule has 3 aromatic rings. The van der Waals surface area contributed by atoms with Crippen LogP contribution in [0.3, 0.4) is 0 Å². The second kappa shape index (κ2) is 8.86. The maximum Gasteiger partial charge on any atom is 0.268 e. The summed E-state index contributed by atoms with van der Waals surface area (Å²) in [6, 6.07) is 20.7. The van der Waals surface area contributed by atoms with Gasteiger partial charge in [0.05, 0.1) is 0 Å². The van der Waals surface area contributed by atoms with Gasteiger partial charge in [0.25, 0.3) is 5.91 Å². The molecule has 0 aliphatic heterocycles. The molecule has 6 heteroatoms. The first-order valence-electron chi connectivity index (χ1n) is 8.21. The first-order valence-corrected chi connectivity index (χ1v) is 9.29. The average molecular weight is 462 g/mol. The zero-order valence-electron chi connectivity index (χ0n) is 14.0. The van der Waals surface area contributed by atoms with Gasteiger partial charge >= 0.3 is 0 Å². The lowest BCUT2D eigenvalue weighted by atomic mass is 10.3. The summed E-state index contributed by atoms with van der Waals surface area (Å²) in [6.07, 6.45) is 1.05. The fraction of sp³-hybridized carbons (Fsp3) is 0.150. The molecule has 0 fully saturated rings. The summed E-state index contributed by atoms with van der Waals surface area (Å²) in [7, 11) is 0. The Morgan fingerprint density at radius 1 is 1.12 bits per heavy atom. The minimum Gasteiger partial charge on any atom is -0.491 e. The zero-order chi connectivity index (χ0) is 18.4. The standard InChI is InChI=1S/C20H19IN2O3/c21-15-6-4-7-16(12-15)23-11-5-10-19(23)20(25)22-13-17(24)14-26-18-8-2-1-3-9-18/h1-12,17,24H,13-14H2,(H,22,25). The first-order chi connectivity index (χ1) is 12.6. The number of nitrogens with zero attached hydrogens (tertiary/aromatic N) is 1. The Morgan fingerprint density at radius 2 is 1.92 bits per heavy atom. The van der Waals surface area contributed by atoms with Gasteiger partial charge < -0.3 is 19.7 Å². The molecule has 0 aliphatic rings. The van der Waals surface area contributed by atoms with E-state index < -0.39 is 6.10 Å². The van der Waals surface area contributed by atoms with E-state index in [1.165, 1.54) is 0 Å². The van der Waals surface area contributed by atoms with Gasteiger partial charge in [0.1, 0.15) is 24.2 Å². The van der Waals surface area contributed by atoms with Crippen LogP contribution in [-0.2, 0) is 0 Å². The number of nitrogens with one attached hydrogen (secondary N) is 1. The molecule has 2 aromatic carbocycles. The molecule has 1 atom stereocenters. The van der Waals surface area contributed by atoms with Crippen LogP contribution in [0.2, 0.25) is 0 Å². The third-order valence-corrected chi connectivity index (χ3v) is 4.42. The van der Waals surface area contributed by atoms with Gasteiger partial charge in [-0.25, -0.2) is 0 Å². The van der Waals surface area contributed by atoms with E-state index in [1.54, 1.807) is 6.07 Å². The molecule has 0 saturated carbocycles. The number of aromatic nitrogens is 1. The van der Waals surface area contributed by atoms with Crippen molar-refractivity contribution >= 4 is 28.5 Å². The number of amides is 1. The second-order valence-corrected chi connectivity index (χ2v) is 6.98. The number of hydrogen-bond acceptors (Lipinski definition) is 3. The van der Waals surface area contributed by atoms with Crippen molar-refractivity contribution in [3.8, 4) is 11.4 Å². The fourth-order valence-corrected chi connectivity index (χ4v) is 3.01. The lowest BCUT2D eigenvalue weighted by Crippen LogP contribution is -2.36. The smallest absolute Gasteiger partial charge is 0.268 e. The monoisotopic (exact) mass is 462 g/mol. The summed E-state index contributed by atoms with van der Waals surface area (Å²) < 4.78 is 8.40. The molecular formula is C20H19IN2O3. The summed E-state index contributed by atoms with van der Waals surface area (Å²) in [5.74, 6) is 0.443. The summed E-state index contributed by atoms with van der Waals surface area (Å²) in [6.45, 7) is 0.228. The molecule has 1 unspecified atom stereocenters. The molecule has 134 valence electrons. The van der Waals surface area contributed by atoms with Crippen LogP contribution in [0.4, 0.5) is 0 Å². The maximum atomic E-state index is 12.5. The van der Waals surface area contributed by atoms with Crippen LogP contribution >= 0.6 is 22.6 Å². The van der Waals surface area contributed by atoms with E-state index in [-0.39, 0.29) is 19.1 Å². The lowest BCUT2D eigenvalue weighted by molar-refractivity contribution is 0.0838. The predicted octanol–water partition coefficient (Wildman–Crippen LogP) is 3.25. The van der Waals surface area contributed by atoms with Gasteiger partial charge in [-0.3, -0.25) is 4.79 Å². The number of benzene rings is 2. The fourth-order valence-electron chi connectivity index (χ4n) is 2.49. The Hall–Kier alpha value is -2.32. The van der Waals surface area contributed by atoms with E-state index in [4.69, 9.17) is 4.74 Å². The van der Waals surface area contributed by atoms with E-state index >= 15 is 0 Å². The highest BCUT2D eigenvalue weighted by molar-refractivity contribution is 14.1. The molecule has 3 rings (SSSR count). The summed E-state index contributed by atoms with van der Waals surface area (Å²) in [4.78, 5) is 12.5. The van der Waals surface area contributed by atoms with Crippen molar-refractivity contribution in [1.82, 2.24) is 9.88 Å². The molecule has 0 radical (unpaired) electrons. The van der Waals surface area contributed by atoms with Crippen LogP contribution < -0.4 is 10.1 Å². The molecule has 26 heavy (non-hydrogen) atoms. The number of aliphatic hydroxyl groups excluding tert-OH is 1. The second-order valence-electron chi connectivity index (χ2n) is 5.73. The molecule has 1 heterocycles. The van der Waals surface area contributed by atoms with Gasteiger partial charge in [-0.2, -0.15) is 0 Å². The van der Waals surface area contributed by atoms with Crippen LogP contribution in [0, 0.1) is 3.57 Å². The highest BCUT2D eigenvalue weighted by atomic mass is 127. The van der Waals surface area contributed by atoms with Crippen LogP contribution in [0.25, 0.3) is 5.69 Å². The number of para-hydroxylation sites is 1. The van der Waals surface area contributed by atoms with E-state index in [0.717, 1.165) is 9.26 Å². The normalized spacial score (nSPS) is 11.8. The lowest BCUT2D eigenvalue weighted by Gasteiger charge is -2.14. The van der Waals surface area contributed by atoms with Gasteiger partial charge in [-0.05, 0) is 65.1 Å². The maximum absolute atomic E-state index is 12.5. The van der Waals surface area contributed by atoms with Crippen molar-refractivity contribution < 1.29 is 14.6 Å². The molecular weight excluding hydrogens is 443 g/mol. The largest absolute Gasteiger partial charge is 0.491 e. The zero-order valence-corrected chi connectivity index (χ0v) is 16.2. The molecule has 0 aliphatic carbocycles. The van der Waals surface area contributed by atoms with Crippen molar-refractivity contribution in [1.29, 1.82) is 0 Å². The van der Waals surface area contributed by atoms with Crippen LogP contribution in [-0.4, -0.2) is 34.8 Å². The van der Waals surface area contributed by atoms with E-state index in [2.05, 4.69) is 27.9 Å². The molecule has 0 spiro atoms. The topological polar surface area (TPSA) is 63.5 Å². The number of carbonyl (C=O) groups excluding carboxylic acids is 1. The number of hydrogen-bond donors (Lipinski definition) is 2.